The van der Waals surface area contributed by atoms with Gasteiger partial charge in [-0.25, -0.2) is 0 Å². The van der Waals surface area contributed by atoms with E-state index in [1.54, 1.807) is 0 Å². The summed E-state index contributed by atoms with van der Waals surface area (Å²) in [7, 11) is 0. The first kappa shape index (κ1) is 9.99. The first-order valence-corrected chi connectivity index (χ1v) is 5.77. The molecule has 0 unspecified atom stereocenters. The van der Waals surface area contributed by atoms with Crippen molar-refractivity contribution in [1.29, 1.82) is 0 Å². The van der Waals surface area contributed by atoms with Crippen LogP contribution in [0.3, 0.4) is 0 Å². The van der Waals surface area contributed by atoms with Crippen LogP contribution < -0.4 is 10.1 Å². The third kappa shape index (κ3) is 2.49. The molecule has 0 aliphatic carbocycles. The third-order valence-electron chi connectivity index (χ3n) is 2.38. The molecule has 76 valence electrons. The minimum Gasteiger partial charge on any atom is -0.488 e. The zero-order valence-electron chi connectivity index (χ0n) is 8.00. The van der Waals surface area contributed by atoms with Crippen molar-refractivity contribution >= 4 is 15.9 Å². The summed E-state index contributed by atoms with van der Waals surface area (Å²) in [6.45, 7) is 2.08. The summed E-state index contributed by atoms with van der Waals surface area (Å²) < 4.78 is 6.91. The summed E-state index contributed by atoms with van der Waals surface area (Å²) >= 11 is 3.48. The van der Waals surface area contributed by atoms with Gasteiger partial charge in [0.05, 0.1) is 4.47 Å². The van der Waals surface area contributed by atoms with Gasteiger partial charge in [0.1, 0.15) is 11.9 Å². The largest absolute Gasteiger partial charge is 0.488 e. The molecular formula is C11H14BrNO. The van der Waals surface area contributed by atoms with Crippen LogP contribution in [0, 0.1) is 0 Å². The normalized spacial score (nSPS) is 21.9. The SMILES string of the molecule is Brc1ccccc1O[C@@H]1CCCNC1. The van der Waals surface area contributed by atoms with E-state index in [1.165, 1.54) is 6.42 Å². The molecule has 1 aromatic rings. The van der Waals surface area contributed by atoms with Gasteiger partial charge in [0.25, 0.3) is 0 Å². The summed E-state index contributed by atoms with van der Waals surface area (Å²) in [4.78, 5) is 0. The van der Waals surface area contributed by atoms with Crippen molar-refractivity contribution in [3.8, 4) is 5.75 Å². The Kier molecular flexibility index (Phi) is 3.43. The van der Waals surface area contributed by atoms with Gasteiger partial charge in [-0.2, -0.15) is 0 Å². The maximum Gasteiger partial charge on any atom is 0.133 e. The van der Waals surface area contributed by atoms with E-state index in [0.717, 1.165) is 29.7 Å². The molecule has 0 bridgehead atoms. The van der Waals surface area contributed by atoms with Crippen LogP contribution in [0.15, 0.2) is 28.7 Å². The van der Waals surface area contributed by atoms with Gasteiger partial charge in [-0.15, -0.1) is 0 Å². The molecule has 3 heteroatoms. The van der Waals surface area contributed by atoms with Gasteiger partial charge in [0.2, 0.25) is 0 Å². The van der Waals surface area contributed by atoms with Crippen LogP contribution in [0.5, 0.6) is 5.75 Å². The second-order valence-corrected chi connectivity index (χ2v) is 4.37. The Morgan fingerprint density at radius 2 is 2.21 bits per heavy atom. The summed E-state index contributed by atoms with van der Waals surface area (Å²) in [5, 5.41) is 3.33. The number of piperidine rings is 1. The molecule has 1 fully saturated rings. The van der Waals surface area contributed by atoms with E-state index in [9.17, 15) is 0 Å². The van der Waals surface area contributed by atoms with Crippen molar-refractivity contribution in [3.05, 3.63) is 28.7 Å². The number of rotatable bonds is 2. The Morgan fingerprint density at radius 1 is 1.36 bits per heavy atom. The van der Waals surface area contributed by atoms with Crippen LogP contribution in [0.2, 0.25) is 0 Å². The first-order chi connectivity index (χ1) is 6.86. The minimum atomic E-state index is 0.322. The number of hydrogen-bond acceptors (Lipinski definition) is 2. The van der Waals surface area contributed by atoms with E-state index in [1.807, 2.05) is 24.3 Å². The van der Waals surface area contributed by atoms with E-state index < -0.39 is 0 Å². The number of halogens is 1. The van der Waals surface area contributed by atoms with Gasteiger partial charge in [0.15, 0.2) is 0 Å². The molecule has 1 aliphatic rings. The Bertz CT molecular complexity index is 297. The zero-order valence-corrected chi connectivity index (χ0v) is 9.59. The number of nitrogens with one attached hydrogen (secondary N) is 1. The predicted molar refractivity (Wildman–Crippen MR) is 60.7 cm³/mol. The highest BCUT2D eigenvalue weighted by atomic mass is 79.9. The molecular weight excluding hydrogens is 242 g/mol. The summed E-state index contributed by atoms with van der Waals surface area (Å²) in [6.07, 6.45) is 2.67. The number of benzene rings is 1. The molecule has 0 spiro atoms. The van der Waals surface area contributed by atoms with E-state index in [0.29, 0.717) is 6.10 Å². The Labute approximate surface area is 92.8 Å². The molecule has 14 heavy (non-hydrogen) atoms. The third-order valence-corrected chi connectivity index (χ3v) is 3.04. The van der Waals surface area contributed by atoms with Crippen LogP contribution in [0.4, 0.5) is 0 Å². The van der Waals surface area contributed by atoms with Crippen LogP contribution in [0.25, 0.3) is 0 Å². The van der Waals surface area contributed by atoms with Crippen molar-refractivity contribution in [2.24, 2.45) is 0 Å². The van der Waals surface area contributed by atoms with Gasteiger partial charge in [-0.3, -0.25) is 0 Å². The molecule has 1 atom stereocenters. The lowest BCUT2D eigenvalue weighted by Gasteiger charge is -2.24. The second-order valence-electron chi connectivity index (χ2n) is 3.52. The summed E-state index contributed by atoms with van der Waals surface area (Å²) in [5.74, 6) is 0.946. The maximum absolute atomic E-state index is 5.88. The topological polar surface area (TPSA) is 21.3 Å². The molecule has 2 rings (SSSR count). The smallest absolute Gasteiger partial charge is 0.133 e. The molecule has 0 amide bonds. The fourth-order valence-electron chi connectivity index (χ4n) is 1.64. The fraction of sp³-hybridized carbons (Fsp3) is 0.455. The van der Waals surface area contributed by atoms with Crippen LogP contribution in [-0.2, 0) is 0 Å². The van der Waals surface area contributed by atoms with Gasteiger partial charge in [-0.1, -0.05) is 12.1 Å². The monoisotopic (exact) mass is 255 g/mol. The minimum absolute atomic E-state index is 0.322. The Hall–Kier alpha value is -0.540. The molecule has 1 aliphatic heterocycles. The summed E-state index contributed by atoms with van der Waals surface area (Å²) in [5.41, 5.74) is 0. The molecule has 1 heterocycles. The predicted octanol–water partition coefficient (Wildman–Crippen LogP) is 2.58. The quantitative estimate of drug-likeness (QED) is 0.878. The van der Waals surface area contributed by atoms with Crippen molar-refractivity contribution in [2.75, 3.05) is 13.1 Å². The molecule has 0 aromatic heterocycles. The molecule has 0 saturated carbocycles. The average Bonchev–Trinajstić information content (AvgIpc) is 2.23. The van der Waals surface area contributed by atoms with Crippen LogP contribution >= 0.6 is 15.9 Å². The lowest BCUT2D eigenvalue weighted by atomic mass is 10.1. The van der Waals surface area contributed by atoms with Gasteiger partial charge in [0, 0.05) is 6.54 Å². The van der Waals surface area contributed by atoms with Crippen LogP contribution in [0.1, 0.15) is 12.8 Å². The van der Waals surface area contributed by atoms with Gasteiger partial charge >= 0.3 is 0 Å². The van der Waals surface area contributed by atoms with E-state index >= 15 is 0 Å². The highest BCUT2D eigenvalue weighted by Gasteiger charge is 2.14. The lowest BCUT2D eigenvalue weighted by molar-refractivity contribution is 0.166. The average molecular weight is 256 g/mol. The zero-order chi connectivity index (χ0) is 9.80. The van der Waals surface area contributed by atoms with E-state index in [4.69, 9.17) is 4.74 Å². The van der Waals surface area contributed by atoms with Gasteiger partial charge < -0.3 is 10.1 Å². The van der Waals surface area contributed by atoms with Crippen molar-refractivity contribution < 1.29 is 4.74 Å². The molecule has 1 N–H and O–H groups in total. The number of para-hydroxylation sites is 1. The lowest BCUT2D eigenvalue weighted by Crippen LogP contribution is -2.37. The first-order valence-electron chi connectivity index (χ1n) is 4.98. The van der Waals surface area contributed by atoms with E-state index in [-0.39, 0.29) is 0 Å². The number of hydrogen-bond donors (Lipinski definition) is 1. The number of ether oxygens (including phenoxy) is 1. The highest BCUT2D eigenvalue weighted by molar-refractivity contribution is 9.10. The van der Waals surface area contributed by atoms with Crippen molar-refractivity contribution in [3.63, 3.8) is 0 Å². The Morgan fingerprint density at radius 3 is 2.93 bits per heavy atom. The standard InChI is InChI=1S/C11H14BrNO/c12-10-5-1-2-6-11(10)14-9-4-3-7-13-8-9/h1-2,5-6,9,13H,3-4,7-8H2/t9-/m1/s1. The second kappa shape index (κ2) is 4.80. The van der Waals surface area contributed by atoms with E-state index in [2.05, 4.69) is 21.2 Å². The van der Waals surface area contributed by atoms with Crippen molar-refractivity contribution in [2.45, 2.75) is 18.9 Å². The molecule has 0 radical (unpaired) electrons. The Balaban J connectivity index is 1.99. The van der Waals surface area contributed by atoms with Crippen molar-refractivity contribution in [1.82, 2.24) is 5.32 Å². The maximum atomic E-state index is 5.88. The molecule has 1 aromatic carbocycles. The fourth-order valence-corrected chi connectivity index (χ4v) is 2.02. The molecule has 2 nitrogen and oxygen atoms in total. The van der Waals surface area contributed by atoms with Crippen LogP contribution in [-0.4, -0.2) is 19.2 Å². The molecule has 1 saturated heterocycles. The summed E-state index contributed by atoms with van der Waals surface area (Å²) in [6, 6.07) is 8.00. The van der Waals surface area contributed by atoms with Gasteiger partial charge in [-0.05, 0) is 47.4 Å². The highest BCUT2D eigenvalue weighted by Crippen LogP contribution is 2.25.